The van der Waals surface area contributed by atoms with E-state index in [1.165, 1.54) is 5.75 Å². The molecule has 1 fully saturated rings. The molecule has 3 nitrogen and oxygen atoms in total. The van der Waals surface area contributed by atoms with Gasteiger partial charge >= 0.3 is 0 Å². The highest BCUT2D eigenvalue weighted by Crippen LogP contribution is 2.27. The number of thioether (sulfide) groups is 1. The third kappa shape index (κ3) is 2.95. The van der Waals surface area contributed by atoms with Crippen molar-refractivity contribution in [3.63, 3.8) is 0 Å². The molecule has 1 saturated heterocycles. The van der Waals surface area contributed by atoms with E-state index in [1.807, 2.05) is 36.0 Å². The summed E-state index contributed by atoms with van der Waals surface area (Å²) in [4.78, 5) is 10.4. The lowest BCUT2D eigenvalue weighted by Crippen LogP contribution is -2.33. The maximum Gasteiger partial charge on any atom is 0.130 e. The normalized spacial score (nSPS) is 19.9. The van der Waals surface area contributed by atoms with Crippen LogP contribution in [-0.2, 0) is 0 Å². The van der Waals surface area contributed by atoms with Gasteiger partial charge < -0.3 is 4.98 Å². The first-order valence-electron chi connectivity index (χ1n) is 6.69. The van der Waals surface area contributed by atoms with E-state index in [1.54, 1.807) is 0 Å². The highest BCUT2D eigenvalue weighted by Gasteiger charge is 2.23. The molecular weight excluding hydrogens is 286 g/mol. The fraction of sp³-hybridized carbons (Fsp3) is 0.333. The zero-order chi connectivity index (χ0) is 13.9. The number of H-pyrrole nitrogens is 1. The molecule has 0 radical (unpaired) electrons. The van der Waals surface area contributed by atoms with Gasteiger partial charge in [-0.15, -0.1) is 0 Å². The summed E-state index contributed by atoms with van der Waals surface area (Å²) >= 11 is 7.31. The van der Waals surface area contributed by atoms with Crippen LogP contribution in [0.25, 0.3) is 11.3 Å². The summed E-state index contributed by atoms with van der Waals surface area (Å²) in [5, 5.41) is 0. The molecule has 1 aromatic carbocycles. The van der Waals surface area contributed by atoms with Crippen molar-refractivity contribution in [2.75, 3.05) is 25.1 Å². The fourth-order valence-electron chi connectivity index (χ4n) is 2.38. The largest absolute Gasteiger partial charge is 0.342 e. The Balaban J connectivity index is 2.01. The molecule has 104 valence electrons. The summed E-state index contributed by atoms with van der Waals surface area (Å²) in [5.74, 6) is 3.23. The van der Waals surface area contributed by atoms with Gasteiger partial charge in [0.1, 0.15) is 10.5 Å². The lowest BCUT2D eigenvalue weighted by atomic mass is 10.1. The molecule has 1 aliphatic rings. The summed E-state index contributed by atoms with van der Waals surface area (Å²) in [7, 11) is 2.15. The predicted octanol–water partition coefficient (Wildman–Crippen LogP) is 3.53. The van der Waals surface area contributed by atoms with Gasteiger partial charge in [0.15, 0.2) is 0 Å². The van der Waals surface area contributed by atoms with Crippen molar-refractivity contribution in [3.05, 3.63) is 46.9 Å². The molecule has 1 N–H and O–H groups in total. The number of nitrogens with one attached hydrogen (secondary N) is 1. The third-order valence-electron chi connectivity index (χ3n) is 3.56. The summed E-state index contributed by atoms with van der Waals surface area (Å²) in [6, 6.07) is 12.5. The molecule has 0 amide bonds. The second-order valence-electron chi connectivity index (χ2n) is 4.96. The Kier molecular flexibility index (Phi) is 4.19. The molecule has 20 heavy (non-hydrogen) atoms. The van der Waals surface area contributed by atoms with Crippen LogP contribution in [0.3, 0.4) is 0 Å². The quantitative estimate of drug-likeness (QED) is 0.860. The molecule has 0 spiro atoms. The van der Waals surface area contributed by atoms with Crippen molar-refractivity contribution in [1.82, 2.24) is 14.9 Å². The van der Waals surface area contributed by atoms with E-state index in [-0.39, 0.29) is 0 Å². The first-order valence-corrected chi connectivity index (χ1v) is 8.25. The second-order valence-corrected chi connectivity index (χ2v) is 6.52. The highest BCUT2D eigenvalue weighted by atomic mass is 32.2. The molecule has 0 aliphatic carbocycles. The fourth-order valence-corrected chi connectivity index (χ4v) is 3.82. The Morgan fingerprint density at radius 2 is 2.15 bits per heavy atom. The number of hydrogen-bond donors (Lipinski definition) is 1. The zero-order valence-corrected chi connectivity index (χ0v) is 13.0. The molecule has 5 heteroatoms. The number of aromatic amines is 1. The first kappa shape index (κ1) is 13.8. The Hall–Kier alpha value is -1.17. The van der Waals surface area contributed by atoms with Crippen LogP contribution in [0.1, 0.15) is 11.9 Å². The van der Waals surface area contributed by atoms with Gasteiger partial charge in [0, 0.05) is 23.7 Å². The highest BCUT2D eigenvalue weighted by molar-refractivity contribution is 7.99. The van der Waals surface area contributed by atoms with E-state index >= 15 is 0 Å². The minimum atomic E-state index is 0.319. The lowest BCUT2D eigenvalue weighted by molar-refractivity contribution is 0.264. The molecular formula is C15H17N3S2. The van der Waals surface area contributed by atoms with Crippen LogP contribution < -0.4 is 0 Å². The van der Waals surface area contributed by atoms with Crippen LogP contribution >= 0.6 is 24.0 Å². The number of rotatable bonds is 2. The van der Waals surface area contributed by atoms with Crippen molar-refractivity contribution in [2.24, 2.45) is 0 Å². The Morgan fingerprint density at radius 3 is 2.90 bits per heavy atom. The van der Waals surface area contributed by atoms with E-state index in [2.05, 4.69) is 34.0 Å². The van der Waals surface area contributed by atoms with Gasteiger partial charge in [-0.2, -0.15) is 11.8 Å². The number of benzene rings is 1. The van der Waals surface area contributed by atoms with Gasteiger partial charge in [0.2, 0.25) is 0 Å². The van der Waals surface area contributed by atoms with Gasteiger partial charge in [0.25, 0.3) is 0 Å². The molecule has 2 heterocycles. The standard InChI is InChI=1S/C15H17N3S2/c1-18-7-8-20-10-13(18)15-16-12(9-14(19)17-15)11-5-3-2-4-6-11/h2-6,9,13H,7-8,10H2,1H3,(H,16,17,19). The van der Waals surface area contributed by atoms with Gasteiger partial charge in [0.05, 0.1) is 6.04 Å². The summed E-state index contributed by atoms with van der Waals surface area (Å²) < 4.78 is 0.654. The van der Waals surface area contributed by atoms with Crippen molar-refractivity contribution < 1.29 is 0 Å². The monoisotopic (exact) mass is 303 g/mol. The number of aromatic nitrogens is 2. The number of nitrogens with zero attached hydrogens (tertiary/aromatic N) is 2. The maximum atomic E-state index is 5.34. The van der Waals surface area contributed by atoms with E-state index in [4.69, 9.17) is 12.2 Å². The van der Waals surface area contributed by atoms with Gasteiger partial charge in [-0.05, 0) is 18.7 Å². The van der Waals surface area contributed by atoms with E-state index in [0.717, 1.165) is 29.4 Å². The maximum absolute atomic E-state index is 5.34. The smallest absolute Gasteiger partial charge is 0.130 e. The predicted molar refractivity (Wildman–Crippen MR) is 87.6 cm³/mol. The average Bonchev–Trinajstić information content (AvgIpc) is 2.48. The molecule has 0 saturated carbocycles. The van der Waals surface area contributed by atoms with Crippen LogP contribution in [0.2, 0.25) is 0 Å². The van der Waals surface area contributed by atoms with Gasteiger partial charge in [-0.3, -0.25) is 4.90 Å². The Labute approximate surface area is 128 Å². The second kappa shape index (κ2) is 6.08. The van der Waals surface area contributed by atoms with Crippen LogP contribution in [0.15, 0.2) is 36.4 Å². The summed E-state index contributed by atoms with van der Waals surface area (Å²) in [6.45, 7) is 1.09. The van der Waals surface area contributed by atoms with Crippen molar-refractivity contribution in [3.8, 4) is 11.3 Å². The third-order valence-corrected chi connectivity index (χ3v) is 4.79. The summed E-state index contributed by atoms with van der Waals surface area (Å²) in [5.41, 5.74) is 2.19. The van der Waals surface area contributed by atoms with Crippen LogP contribution in [-0.4, -0.2) is 40.0 Å². The van der Waals surface area contributed by atoms with Gasteiger partial charge in [-0.25, -0.2) is 4.98 Å². The number of hydrogen-bond acceptors (Lipinski definition) is 4. The minimum Gasteiger partial charge on any atom is -0.342 e. The molecule has 2 aromatic rings. The van der Waals surface area contributed by atoms with Crippen molar-refractivity contribution in [2.45, 2.75) is 6.04 Å². The van der Waals surface area contributed by atoms with E-state index in [9.17, 15) is 0 Å². The molecule has 3 rings (SSSR count). The van der Waals surface area contributed by atoms with Crippen molar-refractivity contribution >= 4 is 24.0 Å². The van der Waals surface area contributed by atoms with Crippen LogP contribution in [0.4, 0.5) is 0 Å². The van der Waals surface area contributed by atoms with Crippen molar-refractivity contribution in [1.29, 1.82) is 0 Å². The van der Waals surface area contributed by atoms with Gasteiger partial charge in [-0.1, -0.05) is 42.5 Å². The first-order chi connectivity index (χ1) is 9.74. The molecule has 1 unspecified atom stereocenters. The van der Waals surface area contributed by atoms with E-state index in [0.29, 0.717) is 10.7 Å². The molecule has 1 aromatic heterocycles. The topological polar surface area (TPSA) is 31.9 Å². The Bertz CT molecular complexity index is 639. The average molecular weight is 303 g/mol. The molecule has 1 aliphatic heterocycles. The minimum absolute atomic E-state index is 0.319. The van der Waals surface area contributed by atoms with Crippen LogP contribution in [0.5, 0.6) is 0 Å². The SMILES string of the molecule is CN1CCSCC1c1nc(=S)cc(-c2ccccc2)[nH]1. The molecule has 1 atom stereocenters. The van der Waals surface area contributed by atoms with Crippen LogP contribution in [0, 0.1) is 4.64 Å². The summed E-state index contributed by atoms with van der Waals surface area (Å²) in [6.07, 6.45) is 0. The van der Waals surface area contributed by atoms with E-state index < -0.39 is 0 Å². The zero-order valence-electron chi connectivity index (χ0n) is 11.4. The Morgan fingerprint density at radius 1 is 1.35 bits per heavy atom. The molecule has 0 bridgehead atoms. The lowest BCUT2D eigenvalue weighted by Gasteiger charge is -2.31.